The molecule has 0 spiro atoms. The van der Waals surface area contributed by atoms with E-state index in [1.54, 1.807) is 21.9 Å². The fraction of sp³-hybridized carbons (Fsp3) is 0.588. The summed E-state index contributed by atoms with van der Waals surface area (Å²) in [5, 5.41) is 9.03. The molecule has 3 heterocycles. The number of hydrogen-bond donors (Lipinski definition) is 1. The van der Waals surface area contributed by atoms with Gasteiger partial charge in [0, 0.05) is 19.1 Å². The van der Waals surface area contributed by atoms with Crippen LogP contribution >= 0.6 is 0 Å². The van der Waals surface area contributed by atoms with E-state index in [0.29, 0.717) is 25.9 Å². The van der Waals surface area contributed by atoms with Crippen LogP contribution in [0.2, 0.25) is 0 Å². The molecule has 2 saturated heterocycles. The predicted octanol–water partition coefficient (Wildman–Crippen LogP) is 1.74. The molecule has 1 N–H and O–H groups in total. The highest BCUT2D eigenvalue weighted by Crippen LogP contribution is 2.27. The van der Waals surface area contributed by atoms with Gasteiger partial charge in [-0.25, -0.2) is 0 Å². The van der Waals surface area contributed by atoms with Gasteiger partial charge < -0.3 is 19.3 Å². The van der Waals surface area contributed by atoms with E-state index >= 15 is 0 Å². The number of piperidine rings is 1. The van der Waals surface area contributed by atoms with E-state index < -0.39 is 12.0 Å². The van der Waals surface area contributed by atoms with Crippen LogP contribution in [-0.4, -0.2) is 57.9 Å². The van der Waals surface area contributed by atoms with Crippen LogP contribution in [0.3, 0.4) is 0 Å². The molecule has 7 nitrogen and oxygen atoms in total. The van der Waals surface area contributed by atoms with Crippen LogP contribution in [0, 0.1) is 0 Å². The quantitative estimate of drug-likeness (QED) is 0.905. The lowest BCUT2D eigenvalue weighted by molar-refractivity contribution is -0.142. The van der Waals surface area contributed by atoms with E-state index in [-0.39, 0.29) is 30.0 Å². The minimum atomic E-state index is -0.896. The molecule has 2 aliphatic rings. The van der Waals surface area contributed by atoms with Gasteiger partial charge in [0.15, 0.2) is 5.76 Å². The second-order valence-electron chi connectivity index (χ2n) is 6.41. The van der Waals surface area contributed by atoms with Crippen molar-refractivity contribution < 1.29 is 23.9 Å². The van der Waals surface area contributed by atoms with E-state index in [9.17, 15) is 14.4 Å². The predicted molar refractivity (Wildman–Crippen MR) is 84.4 cm³/mol. The standard InChI is InChI=1S/C17H22N2O5/c20-15(21)11-12-5-3-9-18(12)16(22)13-6-1-2-8-19(13)17(23)14-7-4-10-24-14/h4,7,10,12-13H,1-3,5-6,8-9,11H2,(H,20,21). The molecule has 130 valence electrons. The van der Waals surface area contributed by atoms with Crippen LogP contribution in [0.1, 0.15) is 49.1 Å². The Bertz CT molecular complexity index is 613. The summed E-state index contributed by atoms with van der Waals surface area (Å²) in [5.41, 5.74) is 0. The SMILES string of the molecule is O=C(O)CC1CCCN1C(=O)C1CCCCN1C(=O)c1ccco1. The molecule has 2 atom stereocenters. The van der Waals surface area contributed by atoms with E-state index in [1.807, 2.05) is 0 Å². The first-order valence-electron chi connectivity index (χ1n) is 8.44. The molecule has 2 aliphatic heterocycles. The highest BCUT2D eigenvalue weighted by Gasteiger charge is 2.39. The second kappa shape index (κ2) is 7.07. The number of carbonyl (C=O) groups is 3. The molecule has 0 saturated carbocycles. The molecule has 1 aromatic heterocycles. The molecular weight excluding hydrogens is 312 g/mol. The first kappa shape index (κ1) is 16.5. The monoisotopic (exact) mass is 334 g/mol. The molecule has 0 bridgehead atoms. The van der Waals surface area contributed by atoms with Gasteiger partial charge in [-0.05, 0) is 44.2 Å². The van der Waals surface area contributed by atoms with Crippen LogP contribution in [0.25, 0.3) is 0 Å². The van der Waals surface area contributed by atoms with Gasteiger partial charge in [-0.1, -0.05) is 0 Å². The lowest BCUT2D eigenvalue weighted by Crippen LogP contribution is -2.54. The van der Waals surface area contributed by atoms with Crippen molar-refractivity contribution in [3.63, 3.8) is 0 Å². The average Bonchev–Trinajstić information content (AvgIpc) is 3.24. The van der Waals surface area contributed by atoms with E-state index in [4.69, 9.17) is 9.52 Å². The normalized spacial score (nSPS) is 24.2. The lowest BCUT2D eigenvalue weighted by Gasteiger charge is -2.37. The van der Waals surface area contributed by atoms with Crippen molar-refractivity contribution in [2.45, 2.75) is 50.6 Å². The van der Waals surface area contributed by atoms with E-state index in [0.717, 1.165) is 19.3 Å². The number of rotatable bonds is 4. The zero-order chi connectivity index (χ0) is 17.1. The van der Waals surface area contributed by atoms with Gasteiger partial charge in [0.1, 0.15) is 6.04 Å². The minimum Gasteiger partial charge on any atom is -0.481 e. The molecule has 7 heteroatoms. The van der Waals surface area contributed by atoms with Crippen LogP contribution in [0.5, 0.6) is 0 Å². The van der Waals surface area contributed by atoms with Gasteiger partial charge >= 0.3 is 5.97 Å². The van der Waals surface area contributed by atoms with Gasteiger partial charge in [0.25, 0.3) is 5.91 Å². The highest BCUT2D eigenvalue weighted by atomic mass is 16.4. The van der Waals surface area contributed by atoms with Gasteiger partial charge in [-0.3, -0.25) is 14.4 Å². The minimum absolute atomic E-state index is 0.0371. The van der Waals surface area contributed by atoms with Crippen molar-refractivity contribution in [3.05, 3.63) is 24.2 Å². The number of hydrogen-bond acceptors (Lipinski definition) is 4. The Morgan fingerprint density at radius 3 is 2.62 bits per heavy atom. The highest BCUT2D eigenvalue weighted by molar-refractivity contribution is 5.95. The molecule has 0 radical (unpaired) electrons. The Labute approximate surface area is 140 Å². The number of likely N-dealkylation sites (tertiary alicyclic amines) is 2. The first-order valence-corrected chi connectivity index (χ1v) is 8.44. The van der Waals surface area contributed by atoms with Crippen LogP contribution in [-0.2, 0) is 9.59 Å². The summed E-state index contributed by atoms with van der Waals surface area (Å²) in [7, 11) is 0. The van der Waals surface area contributed by atoms with Crippen molar-refractivity contribution in [1.82, 2.24) is 9.80 Å². The molecule has 0 aromatic carbocycles. The molecule has 1 aromatic rings. The molecule has 24 heavy (non-hydrogen) atoms. The number of furan rings is 1. The third-order valence-electron chi connectivity index (χ3n) is 4.85. The molecule has 2 unspecified atom stereocenters. The van der Waals surface area contributed by atoms with Crippen LogP contribution in [0.15, 0.2) is 22.8 Å². The summed E-state index contributed by atoms with van der Waals surface area (Å²) in [5.74, 6) is -1.06. The Hall–Kier alpha value is -2.31. The maximum absolute atomic E-state index is 13.0. The van der Waals surface area contributed by atoms with Gasteiger partial charge in [0.05, 0.1) is 12.7 Å². The van der Waals surface area contributed by atoms with Crippen molar-refractivity contribution in [3.8, 4) is 0 Å². The maximum atomic E-state index is 13.0. The van der Waals surface area contributed by atoms with E-state index in [1.165, 1.54) is 6.26 Å². The zero-order valence-electron chi connectivity index (χ0n) is 13.5. The fourth-order valence-corrected chi connectivity index (χ4v) is 3.70. The van der Waals surface area contributed by atoms with Crippen molar-refractivity contribution in [2.24, 2.45) is 0 Å². The Morgan fingerprint density at radius 2 is 1.92 bits per heavy atom. The first-order chi connectivity index (χ1) is 11.6. The lowest BCUT2D eigenvalue weighted by atomic mass is 9.99. The van der Waals surface area contributed by atoms with Crippen LogP contribution < -0.4 is 0 Å². The third-order valence-corrected chi connectivity index (χ3v) is 4.85. The van der Waals surface area contributed by atoms with Crippen molar-refractivity contribution >= 4 is 17.8 Å². The molecule has 0 aliphatic carbocycles. The average molecular weight is 334 g/mol. The Kier molecular flexibility index (Phi) is 4.87. The summed E-state index contributed by atoms with van der Waals surface area (Å²) in [6.07, 6.45) is 5.27. The summed E-state index contributed by atoms with van der Waals surface area (Å²) in [6, 6.07) is 2.46. The number of amides is 2. The Morgan fingerprint density at radius 1 is 1.12 bits per heavy atom. The molecule has 3 rings (SSSR count). The Balaban J connectivity index is 1.76. The summed E-state index contributed by atoms with van der Waals surface area (Å²) >= 11 is 0. The van der Waals surface area contributed by atoms with Crippen LogP contribution in [0.4, 0.5) is 0 Å². The molecular formula is C17H22N2O5. The summed E-state index contributed by atoms with van der Waals surface area (Å²) in [6.45, 7) is 1.09. The maximum Gasteiger partial charge on any atom is 0.305 e. The number of aliphatic carboxylic acids is 1. The zero-order valence-corrected chi connectivity index (χ0v) is 13.5. The molecule has 2 amide bonds. The number of carboxylic acid groups (broad SMARTS) is 1. The molecule has 2 fully saturated rings. The largest absolute Gasteiger partial charge is 0.481 e. The van der Waals surface area contributed by atoms with Gasteiger partial charge in [0.2, 0.25) is 5.91 Å². The summed E-state index contributed by atoms with van der Waals surface area (Å²) < 4.78 is 5.18. The smallest absolute Gasteiger partial charge is 0.305 e. The topological polar surface area (TPSA) is 91.1 Å². The van der Waals surface area contributed by atoms with Crippen molar-refractivity contribution in [1.29, 1.82) is 0 Å². The summed E-state index contributed by atoms with van der Waals surface area (Å²) in [4.78, 5) is 39.9. The number of carbonyl (C=O) groups excluding carboxylic acids is 2. The van der Waals surface area contributed by atoms with E-state index in [2.05, 4.69) is 0 Å². The third kappa shape index (κ3) is 3.29. The second-order valence-corrected chi connectivity index (χ2v) is 6.41. The van der Waals surface area contributed by atoms with Crippen molar-refractivity contribution in [2.75, 3.05) is 13.1 Å². The number of carboxylic acids is 1. The number of nitrogens with zero attached hydrogens (tertiary/aromatic N) is 2. The fourth-order valence-electron chi connectivity index (χ4n) is 3.70. The van der Waals surface area contributed by atoms with Gasteiger partial charge in [-0.2, -0.15) is 0 Å². The van der Waals surface area contributed by atoms with Gasteiger partial charge in [-0.15, -0.1) is 0 Å².